The smallest absolute Gasteiger partial charge is 0.245 e. The molecule has 2 N–H and O–H groups in total. The summed E-state index contributed by atoms with van der Waals surface area (Å²) in [5.74, 6) is 1.95. The van der Waals surface area contributed by atoms with E-state index >= 15 is 0 Å². The number of anilines is 1. The van der Waals surface area contributed by atoms with Crippen molar-refractivity contribution in [2.75, 3.05) is 25.1 Å². The number of methoxy groups -OCH3 is 1. The highest BCUT2D eigenvalue weighted by Gasteiger charge is 2.24. The number of H-pyrrole nitrogens is 1. The van der Waals surface area contributed by atoms with Gasteiger partial charge in [-0.05, 0) is 19.8 Å². The van der Waals surface area contributed by atoms with Gasteiger partial charge in [0.05, 0.1) is 13.2 Å². The highest BCUT2D eigenvalue weighted by Crippen LogP contribution is 2.31. The minimum absolute atomic E-state index is 0.308. The second kappa shape index (κ2) is 6.71. The van der Waals surface area contributed by atoms with Gasteiger partial charge in [-0.1, -0.05) is 13.8 Å². The number of β-amino-alcohol motifs (C(OH)–C–C–N with tert-alkyl or cyclic N) is 1. The summed E-state index contributed by atoms with van der Waals surface area (Å²) in [5.41, 5.74) is 0.666. The lowest BCUT2D eigenvalue weighted by molar-refractivity contribution is 0.154. The summed E-state index contributed by atoms with van der Waals surface area (Å²) < 4.78 is 5.25. The Morgan fingerprint density at radius 1 is 1.33 bits per heavy atom. The SMILES string of the molecule is CC.COc1n[nH]c2nc(C)nc(N3CCCC(O)C3)c12. The van der Waals surface area contributed by atoms with Crippen molar-refractivity contribution in [2.24, 2.45) is 0 Å². The summed E-state index contributed by atoms with van der Waals surface area (Å²) in [6.07, 6.45) is 1.48. The Hall–Kier alpha value is -1.89. The second-order valence-electron chi connectivity index (χ2n) is 4.79. The van der Waals surface area contributed by atoms with E-state index in [1.165, 1.54) is 0 Å². The predicted octanol–water partition coefficient (Wildman–Crippen LogP) is 1.66. The first-order valence-electron chi connectivity index (χ1n) is 7.38. The summed E-state index contributed by atoms with van der Waals surface area (Å²) in [7, 11) is 1.57. The molecule has 7 nitrogen and oxygen atoms in total. The normalized spacial score (nSPS) is 18.3. The second-order valence-corrected chi connectivity index (χ2v) is 4.79. The van der Waals surface area contributed by atoms with Gasteiger partial charge in [-0.2, -0.15) is 0 Å². The van der Waals surface area contributed by atoms with E-state index in [4.69, 9.17) is 4.74 Å². The summed E-state index contributed by atoms with van der Waals surface area (Å²) in [6.45, 7) is 7.30. The molecule has 3 heterocycles. The summed E-state index contributed by atoms with van der Waals surface area (Å²) in [5, 5.41) is 17.5. The molecule has 21 heavy (non-hydrogen) atoms. The van der Waals surface area contributed by atoms with Gasteiger partial charge in [0.15, 0.2) is 5.65 Å². The molecule has 1 saturated heterocycles. The fourth-order valence-corrected chi connectivity index (χ4v) is 2.52. The number of hydrogen-bond acceptors (Lipinski definition) is 6. The Kier molecular flexibility index (Phi) is 4.95. The summed E-state index contributed by atoms with van der Waals surface area (Å²) >= 11 is 0. The van der Waals surface area contributed by atoms with E-state index < -0.39 is 0 Å². The van der Waals surface area contributed by atoms with Crippen LogP contribution in [0, 0.1) is 6.92 Å². The molecule has 116 valence electrons. The van der Waals surface area contributed by atoms with Gasteiger partial charge in [-0.3, -0.25) is 5.10 Å². The van der Waals surface area contributed by atoms with Crippen LogP contribution in [0.25, 0.3) is 11.0 Å². The van der Waals surface area contributed by atoms with Crippen LogP contribution in [-0.2, 0) is 0 Å². The van der Waals surface area contributed by atoms with Gasteiger partial charge in [0, 0.05) is 13.1 Å². The number of aliphatic hydroxyl groups is 1. The van der Waals surface area contributed by atoms with E-state index in [0.29, 0.717) is 23.9 Å². The fraction of sp³-hybridized carbons (Fsp3) is 0.643. The molecular weight excluding hydrogens is 270 g/mol. The molecule has 1 atom stereocenters. The van der Waals surface area contributed by atoms with E-state index in [9.17, 15) is 5.11 Å². The van der Waals surface area contributed by atoms with E-state index in [1.807, 2.05) is 20.8 Å². The van der Waals surface area contributed by atoms with Crippen molar-refractivity contribution < 1.29 is 9.84 Å². The number of aliphatic hydroxyl groups excluding tert-OH is 1. The molecule has 0 aliphatic carbocycles. The quantitative estimate of drug-likeness (QED) is 0.875. The van der Waals surface area contributed by atoms with Crippen molar-refractivity contribution in [1.82, 2.24) is 20.2 Å². The van der Waals surface area contributed by atoms with Crippen molar-refractivity contribution in [3.05, 3.63) is 5.82 Å². The molecule has 1 aliphatic heterocycles. The van der Waals surface area contributed by atoms with Crippen LogP contribution in [0.5, 0.6) is 5.88 Å². The third-order valence-corrected chi connectivity index (χ3v) is 3.37. The molecule has 1 unspecified atom stereocenters. The molecule has 0 radical (unpaired) electrons. The lowest BCUT2D eigenvalue weighted by Gasteiger charge is -2.31. The maximum absolute atomic E-state index is 9.82. The molecule has 0 amide bonds. The Morgan fingerprint density at radius 3 is 2.76 bits per heavy atom. The van der Waals surface area contributed by atoms with Gasteiger partial charge in [-0.25, -0.2) is 9.97 Å². The van der Waals surface area contributed by atoms with E-state index in [1.54, 1.807) is 7.11 Å². The molecule has 7 heteroatoms. The highest BCUT2D eigenvalue weighted by atomic mass is 16.5. The standard InChI is InChI=1S/C12H17N5O2.C2H6/c1-7-13-10-9(12(19-2)16-15-10)11(14-7)17-5-3-4-8(18)6-17;1-2/h8,18H,3-6H2,1-2H3,(H,13,14,15,16);1-2H3. The van der Waals surface area contributed by atoms with Crippen LogP contribution in [0.2, 0.25) is 0 Å². The largest absolute Gasteiger partial charge is 0.479 e. The van der Waals surface area contributed by atoms with Crippen molar-refractivity contribution in [1.29, 1.82) is 0 Å². The van der Waals surface area contributed by atoms with E-state index in [2.05, 4.69) is 25.1 Å². The first kappa shape index (κ1) is 15.5. The molecule has 0 spiro atoms. The predicted molar refractivity (Wildman–Crippen MR) is 81.8 cm³/mol. The summed E-state index contributed by atoms with van der Waals surface area (Å²) in [4.78, 5) is 10.9. The molecule has 2 aromatic heterocycles. The van der Waals surface area contributed by atoms with E-state index in [0.717, 1.165) is 30.6 Å². The Morgan fingerprint density at radius 2 is 2.10 bits per heavy atom. The van der Waals surface area contributed by atoms with Crippen LogP contribution in [0.3, 0.4) is 0 Å². The van der Waals surface area contributed by atoms with Crippen LogP contribution in [0.4, 0.5) is 5.82 Å². The van der Waals surface area contributed by atoms with Gasteiger partial charge in [0.1, 0.15) is 17.0 Å². The molecule has 3 rings (SSSR count). The van der Waals surface area contributed by atoms with Crippen LogP contribution < -0.4 is 9.64 Å². The first-order valence-corrected chi connectivity index (χ1v) is 7.38. The molecule has 0 aromatic carbocycles. The Bertz CT molecular complexity index is 598. The fourth-order valence-electron chi connectivity index (χ4n) is 2.52. The Balaban J connectivity index is 0.000000774. The number of nitrogens with zero attached hydrogens (tertiary/aromatic N) is 4. The topological polar surface area (TPSA) is 87.2 Å². The molecule has 0 bridgehead atoms. The zero-order valence-electron chi connectivity index (χ0n) is 13.1. The molecule has 2 aromatic rings. The average Bonchev–Trinajstić information content (AvgIpc) is 2.91. The van der Waals surface area contributed by atoms with Crippen LogP contribution in [-0.4, -0.2) is 51.6 Å². The van der Waals surface area contributed by atoms with Gasteiger partial charge >= 0.3 is 0 Å². The lowest BCUT2D eigenvalue weighted by atomic mass is 10.1. The number of rotatable bonds is 2. The van der Waals surface area contributed by atoms with Crippen LogP contribution >= 0.6 is 0 Å². The molecular formula is C14H23N5O2. The number of aromatic nitrogens is 4. The van der Waals surface area contributed by atoms with Crippen molar-refractivity contribution in [3.63, 3.8) is 0 Å². The van der Waals surface area contributed by atoms with Gasteiger partial charge in [0.25, 0.3) is 0 Å². The van der Waals surface area contributed by atoms with Crippen molar-refractivity contribution in [3.8, 4) is 5.88 Å². The Labute approximate surface area is 124 Å². The third kappa shape index (κ3) is 3.07. The first-order chi connectivity index (χ1) is 10.2. The molecule has 1 fully saturated rings. The van der Waals surface area contributed by atoms with Crippen molar-refractivity contribution >= 4 is 16.9 Å². The molecule has 0 saturated carbocycles. The average molecular weight is 293 g/mol. The van der Waals surface area contributed by atoms with Gasteiger partial charge in [-0.15, -0.1) is 5.10 Å². The highest BCUT2D eigenvalue weighted by molar-refractivity contribution is 5.92. The number of piperidine rings is 1. The monoisotopic (exact) mass is 293 g/mol. The van der Waals surface area contributed by atoms with Crippen LogP contribution in [0.15, 0.2) is 0 Å². The van der Waals surface area contributed by atoms with Gasteiger partial charge in [0.2, 0.25) is 5.88 Å². The number of aryl methyl sites for hydroxylation is 1. The van der Waals surface area contributed by atoms with E-state index in [-0.39, 0.29) is 6.10 Å². The molecule has 1 aliphatic rings. The number of nitrogens with one attached hydrogen (secondary N) is 1. The number of ether oxygens (including phenoxy) is 1. The van der Waals surface area contributed by atoms with Gasteiger partial charge < -0.3 is 14.7 Å². The zero-order chi connectivity index (χ0) is 15.4. The maximum Gasteiger partial charge on any atom is 0.245 e. The number of hydrogen-bond donors (Lipinski definition) is 2. The third-order valence-electron chi connectivity index (χ3n) is 3.37. The minimum atomic E-state index is -0.308. The van der Waals surface area contributed by atoms with Crippen LogP contribution in [0.1, 0.15) is 32.5 Å². The minimum Gasteiger partial charge on any atom is -0.479 e. The lowest BCUT2D eigenvalue weighted by Crippen LogP contribution is -2.39. The summed E-state index contributed by atoms with van der Waals surface area (Å²) in [6, 6.07) is 0. The zero-order valence-corrected chi connectivity index (χ0v) is 13.1. The number of aromatic amines is 1. The van der Waals surface area contributed by atoms with Crippen molar-refractivity contribution in [2.45, 2.75) is 39.7 Å². The maximum atomic E-state index is 9.82. The number of fused-ring (bicyclic) bond motifs is 1.